The Hall–Kier alpha value is -1.82. The van der Waals surface area contributed by atoms with Crippen LogP contribution in [0.1, 0.15) is 18.2 Å². The summed E-state index contributed by atoms with van der Waals surface area (Å²) in [5.41, 5.74) is -0.0143. The zero-order valence-electron chi connectivity index (χ0n) is 15.1. The molecule has 0 atom stereocenters. The summed E-state index contributed by atoms with van der Waals surface area (Å²) >= 11 is 5.95. The standard InChI is InChI=1S/C17H20ClF3N6.HI/c1-2-22-15(26-11-12-4-3-5-13(18)10-12)24-8-9-25-16-23-7-6-14(27-16)17(19,20)21;/h3-7,10H,2,8-9,11H2,1H3,(H2,22,24,26)(H,23,25,27);1H. The van der Waals surface area contributed by atoms with E-state index in [4.69, 9.17) is 11.6 Å². The van der Waals surface area contributed by atoms with Crippen LogP contribution in [0.15, 0.2) is 41.5 Å². The third-order valence-electron chi connectivity index (χ3n) is 3.30. The number of aliphatic imine (C=N–C) groups is 1. The summed E-state index contributed by atoms with van der Waals surface area (Å²) in [5.74, 6) is 0.511. The Balaban J connectivity index is 0.00000392. The van der Waals surface area contributed by atoms with Crippen molar-refractivity contribution in [2.24, 2.45) is 4.99 Å². The smallest absolute Gasteiger partial charge is 0.357 e. The van der Waals surface area contributed by atoms with Crippen molar-refractivity contribution in [3.63, 3.8) is 0 Å². The van der Waals surface area contributed by atoms with Crippen LogP contribution in [0.4, 0.5) is 19.1 Å². The number of hydrogen-bond donors (Lipinski definition) is 3. The van der Waals surface area contributed by atoms with Crippen molar-refractivity contribution in [3.05, 3.63) is 52.8 Å². The number of aromatic nitrogens is 2. The average molecular weight is 529 g/mol. The molecule has 0 radical (unpaired) electrons. The molecule has 0 saturated heterocycles. The van der Waals surface area contributed by atoms with Gasteiger partial charge >= 0.3 is 6.18 Å². The van der Waals surface area contributed by atoms with Crippen molar-refractivity contribution in [1.29, 1.82) is 0 Å². The highest BCUT2D eigenvalue weighted by molar-refractivity contribution is 14.0. The van der Waals surface area contributed by atoms with Gasteiger partial charge in [0.1, 0.15) is 5.69 Å². The summed E-state index contributed by atoms with van der Waals surface area (Å²) in [5, 5.41) is 9.57. The first-order valence-corrected chi connectivity index (χ1v) is 8.67. The zero-order valence-corrected chi connectivity index (χ0v) is 18.1. The first-order chi connectivity index (χ1) is 12.9. The molecule has 0 aliphatic carbocycles. The van der Waals surface area contributed by atoms with Gasteiger partial charge in [0, 0.05) is 30.9 Å². The molecule has 0 fully saturated rings. The Morgan fingerprint density at radius 1 is 1.18 bits per heavy atom. The molecule has 11 heteroatoms. The van der Waals surface area contributed by atoms with Gasteiger partial charge in [-0.05, 0) is 30.7 Å². The van der Waals surface area contributed by atoms with Crippen molar-refractivity contribution in [1.82, 2.24) is 20.6 Å². The maximum atomic E-state index is 12.6. The number of guanidine groups is 1. The number of benzene rings is 1. The molecule has 0 aliphatic heterocycles. The maximum Gasteiger partial charge on any atom is 0.433 e. The lowest BCUT2D eigenvalue weighted by Gasteiger charge is -2.12. The highest BCUT2D eigenvalue weighted by Gasteiger charge is 2.32. The fourth-order valence-corrected chi connectivity index (χ4v) is 2.32. The van der Waals surface area contributed by atoms with Crippen LogP contribution in [0, 0.1) is 0 Å². The molecule has 1 heterocycles. The second kappa shape index (κ2) is 11.9. The number of nitrogens with one attached hydrogen (secondary N) is 3. The van der Waals surface area contributed by atoms with E-state index in [-0.39, 0.29) is 29.9 Å². The molecule has 3 N–H and O–H groups in total. The van der Waals surface area contributed by atoms with Gasteiger partial charge in [-0.3, -0.25) is 0 Å². The monoisotopic (exact) mass is 528 g/mol. The molecular formula is C17H21ClF3IN6. The van der Waals surface area contributed by atoms with Crippen molar-refractivity contribution in [3.8, 4) is 0 Å². The molecule has 0 spiro atoms. The summed E-state index contributed by atoms with van der Waals surface area (Å²) in [6.45, 7) is 3.79. The van der Waals surface area contributed by atoms with Crippen molar-refractivity contribution < 1.29 is 13.2 Å². The lowest BCUT2D eigenvalue weighted by Crippen LogP contribution is -2.39. The number of hydrogen-bond acceptors (Lipinski definition) is 4. The summed E-state index contributed by atoms with van der Waals surface area (Å²) in [4.78, 5) is 11.7. The zero-order chi connectivity index (χ0) is 19.7. The summed E-state index contributed by atoms with van der Waals surface area (Å²) < 4.78 is 37.9. The van der Waals surface area contributed by atoms with Gasteiger partial charge in [0.2, 0.25) is 5.95 Å². The highest BCUT2D eigenvalue weighted by atomic mass is 127. The maximum absolute atomic E-state index is 12.6. The van der Waals surface area contributed by atoms with E-state index in [1.54, 1.807) is 6.07 Å². The predicted molar refractivity (Wildman–Crippen MR) is 115 cm³/mol. The van der Waals surface area contributed by atoms with Crippen LogP contribution in [0.25, 0.3) is 0 Å². The Morgan fingerprint density at radius 3 is 2.64 bits per heavy atom. The van der Waals surface area contributed by atoms with Crippen LogP contribution >= 0.6 is 35.6 Å². The molecule has 28 heavy (non-hydrogen) atoms. The van der Waals surface area contributed by atoms with Gasteiger partial charge < -0.3 is 16.0 Å². The van der Waals surface area contributed by atoms with Gasteiger partial charge in [0.25, 0.3) is 0 Å². The largest absolute Gasteiger partial charge is 0.433 e. The summed E-state index contributed by atoms with van der Waals surface area (Å²) in [7, 11) is 0. The first kappa shape index (κ1) is 24.2. The summed E-state index contributed by atoms with van der Waals surface area (Å²) in [6.07, 6.45) is -3.43. The Labute approximate surface area is 183 Å². The van der Waals surface area contributed by atoms with E-state index in [0.717, 1.165) is 17.8 Å². The topological polar surface area (TPSA) is 74.2 Å². The van der Waals surface area contributed by atoms with Crippen molar-refractivity contribution >= 4 is 47.5 Å². The number of halogens is 5. The van der Waals surface area contributed by atoms with Gasteiger partial charge in [0.15, 0.2) is 5.96 Å². The average Bonchev–Trinajstić information content (AvgIpc) is 2.63. The van der Waals surface area contributed by atoms with E-state index < -0.39 is 11.9 Å². The minimum Gasteiger partial charge on any atom is -0.357 e. The molecule has 0 saturated carbocycles. The normalized spacial score (nSPS) is 11.5. The number of alkyl halides is 3. The Kier molecular flexibility index (Phi) is 10.3. The lowest BCUT2D eigenvalue weighted by atomic mass is 10.2. The highest BCUT2D eigenvalue weighted by Crippen LogP contribution is 2.27. The van der Waals surface area contributed by atoms with E-state index >= 15 is 0 Å². The molecule has 6 nitrogen and oxygen atoms in total. The number of nitrogens with zero attached hydrogens (tertiary/aromatic N) is 3. The molecule has 0 bridgehead atoms. The van der Waals surface area contributed by atoms with Crippen LogP contribution in [-0.2, 0) is 12.7 Å². The van der Waals surface area contributed by atoms with Gasteiger partial charge in [-0.2, -0.15) is 13.2 Å². The molecular weight excluding hydrogens is 508 g/mol. The van der Waals surface area contributed by atoms with E-state index in [0.29, 0.717) is 37.2 Å². The SMILES string of the molecule is CCNC(=NCc1cccc(Cl)c1)NCCNc1nccc(C(F)(F)F)n1.I. The quantitative estimate of drug-likeness (QED) is 0.220. The third-order valence-corrected chi connectivity index (χ3v) is 3.53. The van der Waals surface area contributed by atoms with Crippen LogP contribution < -0.4 is 16.0 Å². The predicted octanol–water partition coefficient (Wildman–Crippen LogP) is 3.93. The molecule has 154 valence electrons. The van der Waals surface area contributed by atoms with Crippen molar-refractivity contribution in [2.45, 2.75) is 19.6 Å². The van der Waals surface area contributed by atoms with E-state index in [2.05, 4.69) is 30.9 Å². The van der Waals surface area contributed by atoms with Crippen LogP contribution in [0.3, 0.4) is 0 Å². The minimum atomic E-state index is -4.50. The van der Waals surface area contributed by atoms with Crippen molar-refractivity contribution in [2.75, 3.05) is 25.0 Å². The molecule has 1 aromatic carbocycles. The minimum absolute atomic E-state index is 0. The molecule has 0 amide bonds. The van der Waals surface area contributed by atoms with Gasteiger partial charge in [-0.1, -0.05) is 23.7 Å². The van der Waals surface area contributed by atoms with Crippen LogP contribution in [0.2, 0.25) is 5.02 Å². The van der Waals surface area contributed by atoms with Gasteiger partial charge in [-0.25, -0.2) is 15.0 Å². The summed E-state index contributed by atoms with van der Waals surface area (Å²) in [6, 6.07) is 8.23. The fourth-order valence-electron chi connectivity index (χ4n) is 2.10. The fraction of sp³-hybridized carbons (Fsp3) is 0.353. The number of rotatable bonds is 7. The molecule has 0 aliphatic rings. The number of anilines is 1. The first-order valence-electron chi connectivity index (χ1n) is 8.29. The van der Waals surface area contributed by atoms with Crippen LogP contribution in [0.5, 0.6) is 0 Å². The molecule has 2 aromatic rings. The second-order valence-electron chi connectivity index (χ2n) is 5.44. The Bertz CT molecular complexity index is 773. The Morgan fingerprint density at radius 2 is 1.96 bits per heavy atom. The van der Waals surface area contributed by atoms with Gasteiger partial charge in [0.05, 0.1) is 6.54 Å². The molecule has 0 unspecified atom stereocenters. The molecule has 2 rings (SSSR count). The van der Waals surface area contributed by atoms with Gasteiger partial charge in [-0.15, -0.1) is 24.0 Å². The lowest BCUT2D eigenvalue weighted by molar-refractivity contribution is -0.141. The van der Waals surface area contributed by atoms with E-state index in [1.807, 2.05) is 25.1 Å². The van der Waals surface area contributed by atoms with Crippen LogP contribution in [-0.4, -0.2) is 35.6 Å². The van der Waals surface area contributed by atoms with E-state index in [9.17, 15) is 13.2 Å². The van der Waals surface area contributed by atoms with E-state index in [1.165, 1.54) is 0 Å². The second-order valence-corrected chi connectivity index (χ2v) is 5.88. The molecule has 1 aromatic heterocycles. The third kappa shape index (κ3) is 8.46.